The molecule has 0 aliphatic carbocycles. The van der Waals surface area contributed by atoms with E-state index < -0.39 is 17.4 Å². The van der Waals surface area contributed by atoms with E-state index in [-0.39, 0.29) is 6.42 Å². The van der Waals surface area contributed by atoms with Crippen LogP contribution in [0.5, 0.6) is 0 Å². The fourth-order valence-corrected chi connectivity index (χ4v) is 2.36. The van der Waals surface area contributed by atoms with Gasteiger partial charge < -0.3 is 15.7 Å². The summed E-state index contributed by atoms with van der Waals surface area (Å²) in [5.41, 5.74) is 4.42. The highest BCUT2D eigenvalue weighted by atomic mass is 16.4. The van der Waals surface area contributed by atoms with E-state index in [1.165, 1.54) is 0 Å². The van der Waals surface area contributed by atoms with E-state index in [9.17, 15) is 14.7 Å². The first-order valence-corrected chi connectivity index (χ1v) is 5.45. The van der Waals surface area contributed by atoms with Crippen LogP contribution in [0.4, 0.5) is 5.69 Å². The minimum absolute atomic E-state index is 0.257. The number of carbonyl (C=O) groups excluding carboxylic acids is 1. The molecule has 1 aromatic carbocycles. The summed E-state index contributed by atoms with van der Waals surface area (Å²) in [6.07, 6.45) is 0.899. The molecule has 0 bridgehead atoms. The highest BCUT2D eigenvalue weighted by Gasteiger charge is 2.53. The number of carboxylic acids is 1. The lowest BCUT2D eigenvalue weighted by atomic mass is 9.95. The number of hydrogen-bond acceptors (Lipinski definition) is 3. The summed E-state index contributed by atoms with van der Waals surface area (Å²) < 4.78 is 0. The monoisotopic (exact) mass is 234 g/mol. The number of amides is 1. The van der Waals surface area contributed by atoms with Crippen LogP contribution in [0.1, 0.15) is 12.8 Å². The van der Waals surface area contributed by atoms with Crippen molar-refractivity contribution in [2.75, 3.05) is 11.4 Å². The summed E-state index contributed by atoms with van der Waals surface area (Å²) >= 11 is 0. The van der Waals surface area contributed by atoms with E-state index in [2.05, 4.69) is 0 Å². The molecule has 0 radical (unpaired) electrons. The van der Waals surface area contributed by atoms with Gasteiger partial charge in [-0.05, 0) is 25.0 Å². The zero-order valence-electron chi connectivity index (χ0n) is 9.30. The van der Waals surface area contributed by atoms with E-state index in [4.69, 9.17) is 5.73 Å². The summed E-state index contributed by atoms with van der Waals surface area (Å²) in [4.78, 5) is 24.5. The Morgan fingerprint density at radius 1 is 1.29 bits per heavy atom. The topological polar surface area (TPSA) is 83.6 Å². The van der Waals surface area contributed by atoms with E-state index in [0.29, 0.717) is 18.7 Å². The zero-order chi connectivity index (χ0) is 12.5. The molecule has 90 valence electrons. The predicted molar refractivity (Wildman–Crippen MR) is 62.6 cm³/mol. The maximum Gasteiger partial charge on any atom is 0.339 e. The second-order valence-corrected chi connectivity index (χ2v) is 4.12. The number of nitrogens with two attached hydrogens (primary N) is 1. The van der Waals surface area contributed by atoms with Crippen LogP contribution in [-0.2, 0) is 9.59 Å². The van der Waals surface area contributed by atoms with Crippen molar-refractivity contribution < 1.29 is 14.7 Å². The van der Waals surface area contributed by atoms with Crippen LogP contribution in [0.25, 0.3) is 0 Å². The molecular formula is C12H14N2O3. The second-order valence-electron chi connectivity index (χ2n) is 4.12. The molecule has 2 rings (SSSR count). The average Bonchev–Trinajstić information content (AvgIpc) is 2.75. The third-order valence-corrected chi connectivity index (χ3v) is 3.21. The lowest BCUT2D eigenvalue weighted by molar-refractivity contribution is -0.147. The molecule has 1 atom stereocenters. The van der Waals surface area contributed by atoms with Gasteiger partial charge in [0.1, 0.15) is 0 Å². The van der Waals surface area contributed by atoms with Gasteiger partial charge in [-0.25, -0.2) is 4.79 Å². The van der Waals surface area contributed by atoms with Crippen molar-refractivity contribution in [3.8, 4) is 0 Å². The molecule has 1 fully saturated rings. The first kappa shape index (κ1) is 11.4. The Labute approximate surface area is 98.8 Å². The Morgan fingerprint density at radius 3 is 2.47 bits per heavy atom. The van der Waals surface area contributed by atoms with Crippen LogP contribution < -0.4 is 10.6 Å². The summed E-state index contributed by atoms with van der Waals surface area (Å²) in [6.45, 7) is 0.527. The van der Waals surface area contributed by atoms with Gasteiger partial charge in [0.25, 0.3) is 5.91 Å². The van der Waals surface area contributed by atoms with E-state index >= 15 is 0 Å². The molecule has 1 aliphatic heterocycles. The number of nitrogens with zero attached hydrogens (tertiary/aromatic N) is 1. The number of rotatable bonds is 3. The average molecular weight is 234 g/mol. The van der Waals surface area contributed by atoms with E-state index in [0.717, 1.165) is 0 Å². The molecule has 3 N–H and O–H groups in total. The van der Waals surface area contributed by atoms with Crippen molar-refractivity contribution in [2.24, 2.45) is 5.73 Å². The second kappa shape index (κ2) is 4.08. The Hall–Kier alpha value is -2.04. The number of carbonyl (C=O) groups is 2. The van der Waals surface area contributed by atoms with Gasteiger partial charge in [-0.2, -0.15) is 0 Å². The lowest BCUT2D eigenvalue weighted by Gasteiger charge is -2.33. The molecule has 5 heteroatoms. The molecule has 0 spiro atoms. The van der Waals surface area contributed by atoms with Gasteiger partial charge in [0.15, 0.2) is 0 Å². The summed E-state index contributed by atoms with van der Waals surface area (Å²) in [7, 11) is 0. The van der Waals surface area contributed by atoms with Gasteiger partial charge >= 0.3 is 5.97 Å². The maximum atomic E-state index is 11.5. The van der Waals surface area contributed by atoms with Gasteiger partial charge in [-0.15, -0.1) is 0 Å². The molecule has 1 aliphatic rings. The lowest BCUT2D eigenvalue weighted by Crippen LogP contribution is -2.59. The van der Waals surface area contributed by atoms with Gasteiger partial charge in [0.2, 0.25) is 5.54 Å². The first-order chi connectivity index (χ1) is 8.09. The highest BCUT2D eigenvalue weighted by molar-refractivity contribution is 6.09. The first-order valence-electron chi connectivity index (χ1n) is 5.45. The van der Waals surface area contributed by atoms with Crippen molar-refractivity contribution in [1.29, 1.82) is 0 Å². The van der Waals surface area contributed by atoms with Crippen molar-refractivity contribution in [2.45, 2.75) is 18.4 Å². The molecule has 1 saturated heterocycles. The van der Waals surface area contributed by atoms with Gasteiger partial charge in [-0.3, -0.25) is 4.79 Å². The van der Waals surface area contributed by atoms with E-state index in [1.54, 1.807) is 29.2 Å². The number of primary amides is 1. The van der Waals surface area contributed by atoms with Crippen molar-refractivity contribution in [3.63, 3.8) is 0 Å². The number of carboxylic acid groups (broad SMARTS) is 1. The Balaban J connectivity index is 2.46. The molecule has 17 heavy (non-hydrogen) atoms. The number of aliphatic carboxylic acids is 1. The van der Waals surface area contributed by atoms with Crippen molar-refractivity contribution in [3.05, 3.63) is 30.3 Å². The standard InChI is InChI=1S/C12H14N2O3/c13-10(15)12(11(16)17)7-4-8-14(12)9-5-2-1-3-6-9/h1-3,5-6H,4,7-8H2,(H2,13,15)(H,16,17). The molecule has 1 amide bonds. The summed E-state index contributed by atoms with van der Waals surface area (Å²) in [5.74, 6) is -1.97. The van der Waals surface area contributed by atoms with Crippen molar-refractivity contribution >= 4 is 17.6 Å². The normalized spacial score (nSPS) is 23.6. The van der Waals surface area contributed by atoms with Crippen LogP contribution in [0.2, 0.25) is 0 Å². The number of para-hydroxylation sites is 1. The number of benzene rings is 1. The fraction of sp³-hybridized carbons (Fsp3) is 0.333. The van der Waals surface area contributed by atoms with Crippen LogP contribution in [0, 0.1) is 0 Å². The molecular weight excluding hydrogens is 220 g/mol. The zero-order valence-corrected chi connectivity index (χ0v) is 9.30. The largest absolute Gasteiger partial charge is 0.479 e. The van der Waals surface area contributed by atoms with Gasteiger partial charge in [0.05, 0.1) is 0 Å². The molecule has 5 nitrogen and oxygen atoms in total. The van der Waals surface area contributed by atoms with Crippen LogP contribution in [0.3, 0.4) is 0 Å². The van der Waals surface area contributed by atoms with Crippen molar-refractivity contribution in [1.82, 2.24) is 0 Å². The van der Waals surface area contributed by atoms with Crippen LogP contribution in [0.15, 0.2) is 30.3 Å². The third-order valence-electron chi connectivity index (χ3n) is 3.21. The van der Waals surface area contributed by atoms with Gasteiger partial charge in [-0.1, -0.05) is 18.2 Å². The Morgan fingerprint density at radius 2 is 1.94 bits per heavy atom. The predicted octanol–water partition coefficient (Wildman–Crippen LogP) is 0.595. The molecule has 0 saturated carbocycles. The highest BCUT2D eigenvalue weighted by Crippen LogP contribution is 2.34. The van der Waals surface area contributed by atoms with Crippen LogP contribution in [-0.4, -0.2) is 29.1 Å². The molecule has 1 unspecified atom stereocenters. The number of anilines is 1. The quantitative estimate of drug-likeness (QED) is 0.750. The molecule has 1 heterocycles. The third kappa shape index (κ3) is 1.63. The Kier molecular flexibility index (Phi) is 2.75. The van der Waals surface area contributed by atoms with Gasteiger partial charge in [0, 0.05) is 12.2 Å². The van der Waals surface area contributed by atoms with E-state index in [1.807, 2.05) is 6.07 Å². The summed E-state index contributed by atoms with van der Waals surface area (Å²) in [5, 5.41) is 9.32. The van der Waals surface area contributed by atoms with Crippen LogP contribution >= 0.6 is 0 Å². The fourth-order valence-electron chi connectivity index (χ4n) is 2.36. The molecule has 0 aromatic heterocycles. The molecule has 1 aromatic rings. The minimum Gasteiger partial charge on any atom is -0.479 e. The Bertz CT molecular complexity index is 430. The SMILES string of the molecule is NC(=O)C1(C(=O)O)CCCN1c1ccccc1. The smallest absolute Gasteiger partial charge is 0.339 e. The minimum atomic E-state index is -1.60. The maximum absolute atomic E-state index is 11.5. The summed E-state index contributed by atoms with van der Waals surface area (Å²) in [6, 6.07) is 9.02. The number of hydrogen-bond donors (Lipinski definition) is 2.